The second-order valence-corrected chi connectivity index (χ2v) is 8.10. The SMILES string of the molecule is CC(C)(C)c1ccc(Oc2ccc(OC[C@@H]3Cn4ccc(=O)nc4O3)cc2)cc1. The molecule has 1 atom stereocenters. The minimum absolute atomic E-state index is 0.119. The molecule has 6 nitrogen and oxygen atoms in total. The molecule has 6 heteroatoms. The Morgan fingerprint density at radius 2 is 1.62 bits per heavy atom. The summed E-state index contributed by atoms with van der Waals surface area (Å²) < 4.78 is 19.2. The number of aromatic nitrogens is 2. The van der Waals surface area contributed by atoms with Gasteiger partial charge in [-0.15, -0.1) is 0 Å². The van der Waals surface area contributed by atoms with Crippen LogP contribution < -0.4 is 19.8 Å². The Balaban J connectivity index is 1.31. The van der Waals surface area contributed by atoms with E-state index in [4.69, 9.17) is 14.2 Å². The molecule has 0 unspecified atom stereocenters. The fourth-order valence-corrected chi connectivity index (χ4v) is 3.09. The number of benzene rings is 2. The van der Waals surface area contributed by atoms with Gasteiger partial charge in [0.25, 0.3) is 11.6 Å². The molecule has 1 aliphatic heterocycles. The Labute approximate surface area is 169 Å². The first-order chi connectivity index (χ1) is 13.9. The van der Waals surface area contributed by atoms with E-state index >= 15 is 0 Å². The summed E-state index contributed by atoms with van der Waals surface area (Å²) >= 11 is 0. The molecule has 0 aliphatic carbocycles. The summed E-state index contributed by atoms with van der Waals surface area (Å²) in [5, 5.41) is 0. The molecule has 1 aromatic heterocycles. The van der Waals surface area contributed by atoms with E-state index in [0.29, 0.717) is 19.2 Å². The summed E-state index contributed by atoms with van der Waals surface area (Å²) in [6.07, 6.45) is 1.51. The van der Waals surface area contributed by atoms with Gasteiger partial charge in [-0.25, -0.2) is 0 Å². The Kier molecular flexibility index (Phi) is 5.01. The molecule has 0 fully saturated rings. The Morgan fingerprint density at radius 1 is 1.00 bits per heavy atom. The quantitative estimate of drug-likeness (QED) is 0.652. The van der Waals surface area contributed by atoms with Crippen LogP contribution in [0.5, 0.6) is 23.3 Å². The average Bonchev–Trinajstić information content (AvgIpc) is 3.09. The van der Waals surface area contributed by atoms with Crippen molar-refractivity contribution in [3.8, 4) is 23.3 Å². The fourth-order valence-electron chi connectivity index (χ4n) is 3.09. The molecule has 29 heavy (non-hydrogen) atoms. The smallest absolute Gasteiger partial charge is 0.300 e. The first kappa shape index (κ1) is 19.1. The van der Waals surface area contributed by atoms with Crippen molar-refractivity contribution in [2.45, 2.75) is 38.8 Å². The number of nitrogens with zero attached hydrogens (tertiary/aromatic N) is 2. The summed E-state index contributed by atoms with van der Waals surface area (Å²) in [4.78, 5) is 15.1. The third kappa shape index (κ3) is 4.59. The molecular weight excluding hydrogens is 368 g/mol. The van der Waals surface area contributed by atoms with Crippen LogP contribution in [0, 0.1) is 0 Å². The lowest BCUT2D eigenvalue weighted by Gasteiger charge is -2.19. The van der Waals surface area contributed by atoms with Crippen LogP contribution in [0.3, 0.4) is 0 Å². The average molecular weight is 392 g/mol. The van der Waals surface area contributed by atoms with Crippen LogP contribution in [0.1, 0.15) is 26.3 Å². The number of fused-ring (bicyclic) bond motifs is 1. The summed E-state index contributed by atoms with van der Waals surface area (Å²) in [5.41, 5.74) is 1.08. The van der Waals surface area contributed by atoms with Crippen molar-refractivity contribution >= 4 is 0 Å². The topological polar surface area (TPSA) is 62.6 Å². The van der Waals surface area contributed by atoms with Gasteiger partial charge in [0.15, 0.2) is 6.10 Å². The number of hydrogen-bond donors (Lipinski definition) is 0. The van der Waals surface area contributed by atoms with E-state index in [2.05, 4.69) is 37.9 Å². The minimum Gasteiger partial charge on any atom is -0.490 e. The highest BCUT2D eigenvalue weighted by atomic mass is 16.6. The van der Waals surface area contributed by atoms with Gasteiger partial charge in [-0.05, 0) is 47.4 Å². The van der Waals surface area contributed by atoms with Gasteiger partial charge in [-0.2, -0.15) is 4.98 Å². The third-order valence-corrected chi connectivity index (χ3v) is 4.74. The van der Waals surface area contributed by atoms with E-state index in [1.807, 2.05) is 36.4 Å². The number of rotatable bonds is 5. The molecule has 0 saturated heterocycles. The summed E-state index contributed by atoms with van der Waals surface area (Å²) in [6, 6.07) is 17.4. The number of ether oxygens (including phenoxy) is 3. The van der Waals surface area contributed by atoms with Crippen molar-refractivity contribution in [3.63, 3.8) is 0 Å². The van der Waals surface area contributed by atoms with Crippen LogP contribution in [-0.4, -0.2) is 22.3 Å². The van der Waals surface area contributed by atoms with Gasteiger partial charge in [0, 0.05) is 12.3 Å². The van der Waals surface area contributed by atoms with Gasteiger partial charge in [0.1, 0.15) is 23.9 Å². The van der Waals surface area contributed by atoms with Crippen molar-refractivity contribution in [1.82, 2.24) is 9.55 Å². The minimum atomic E-state index is -0.304. The van der Waals surface area contributed by atoms with E-state index in [9.17, 15) is 4.79 Å². The zero-order valence-electron chi connectivity index (χ0n) is 16.8. The monoisotopic (exact) mass is 392 g/mol. The fraction of sp³-hybridized carbons (Fsp3) is 0.304. The van der Waals surface area contributed by atoms with Gasteiger partial charge in [0.05, 0.1) is 6.54 Å². The second kappa shape index (κ2) is 7.62. The van der Waals surface area contributed by atoms with Crippen LogP contribution in [0.2, 0.25) is 0 Å². The Morgan fingerprint density at radius 3 is 2.28 bits per heavy atom. The van der Waals surface area contributed by atoms with Crippen molar-refractivity contribution in [1.29, 1.82) is 0 Å². The summed E-state index contributed by atoms with van der Waals surface area (Å²) in [5.74, 6) is 2.27. The predicted octanol–water partition coefficient (Wildman–Crippen LogP) is 4.17. The molecule has 3 aromatic rings. The highest BCUT2D eigenvalue weighted by Crippen LogP contribution is 2.28. The van der Waals surface area contributed by atoms with E-state index in [1.54, 1.807) is 10.8 Å². The summed E-state index contributed by atoms with van der Waals surface area (Å²) in [6.45, 7) is 7.54. The van der Waals surface area contributed by atoms with Crippen LogP contribution in [0.4, 0.5) is 0 Å². The maximum atomic E-state index is 11.3. The molecule has 1 aliphatic rings. The van der Waals surface area contributed by atoms with E-state index in [0.717, 1.165) is 17.2 Å². The van der Waals surface area contributed by atoms with E-state index < -0.39 is 0 Å². The molecular formula is C23H24N2O4. The Bertz CT molecular complexity index is 1030. The molecule has 0 saturated carbocycles. The van der Waals surface area contributed by atoms with Gasteiger partial charge >= 0.3 is 0 Å². The molecule has 0 amide bonds. The largest absolute Gasteiger partial charge is 0.490 e. The first-order valence-corrected chi connectivity index (χ1v) is 9.62. The molecule has 4 rings (SSSR count). The van der Waals surface area contributed by atoms with E-state index in [1.165, 1.54) is 11.6 Å². The van der Waals surface area contributed by atoms with Gasteiger partial charge in [0.2, 0.25) is 0 Å². The van der Waals surface area contributed by atoms with Crippen molar-refractivity contribution < 1.29 is 14.2 Å². The van der Waals surface area contributed by atoms with Crippen LogP contribution in [0.25, 0.3) is 0 Å². The molecule has 0 spiro atoms. The zero-order chi connectivity index (χ0) is 20.4. The molecule has 0 N–H and O–H groups in total. The summed E-state index contributed by atoms with van der Waals surface area (Å²) in [7, 11) is 0. The molecule has 2 heterocycles. The maximum Gasteiger partial charge on any atom is 0.300 e. The molecule has 0 bridgehead atoms. The second-order valence-electron chi connectivity index (χ2n) is 8.10. The van der Waals surface area contributed by atoms with E-state index in [-0.39, 0.29) is 17.1 Å². The predicted molar refractivity (Wildman–Crippen MR) is 110 cm³/mol. The number of hydrogen-bond acceptors (Lipinski definition) is 5. The van der Waals surface area contributed by atoms with Gasteiger partial charge < -0.3 is 14.2 Å². The third-order valence-electron chi connectivity index (χ3n) is 4.74. The molecule has 150 valence electrons. The maximum absolute atomic E-state index is 11.3. The normalized spacial score (nSPS) is 15.5. The Hall–Kier alpha value is -3.28. The van der Waals surface area contributed by atoms with Crippen molar-refractivity contribution in [2.75, 3.05) is 6.61 Å². The highest BCUT2D eigenvalue weighted by molar-refractivity contribution is 5.37. The lowest BCUT2D eigenvalue weighted by Crippen LogP contribution is -2.23. The van der Waals surface area contributed by atoms with Crippen LogP contribution in [0.15, 0.2) is 65.6 Å². The van der Waals surface area contributed by atoms with Gasteiger partial charge in [-0.1, -0.05) is 32.9 Å². The lowest BCUT2D eigenvalue weighted by molar-refractivity contribution is 0.143. The van der Waals surface area contributed by atoms with Crippen LogP contribution in [-0.2, 0) is 12.0 Å². The zero-order valence-corrected chi connectivity index (χ0v) is 16.8. The van der Waals surface area contributed by atoms with Crippen molar-refractivity contribution in [2.24, 2.45) is 0 Å². The lowest BCUT2D eigenvalue weighted by atomic mass is 9.87. The molecule has 0 radical (unpaired) electrons. The molecule has 2 aromatic carbocycles. The standard InChI is InChI=1S/C23H24N2O4/c1-23(2,3)16-4-6-18(7-5-16)28-19-10-8-17(9-11-19)27-15-20-14-25-13-12-21(26)24-22(25)29-20/h4-13,20H,14-15H2,1-3H3/t20-/m0/s1. The highest BCUT2D eigenvalue weighted by Gasteiger charge is 2.23. The first-order valence-electron chi connectivity index (χ1n) is 9.62. The van der Waals surface area contributed by atoms with Gasteiger partial charge in [-0.3, -0.25) is 9.36 Å². The van der Waals surface area contributed by atoms with Crippen LogP contribution >= 0.6 is 0 Å². The van der Waals surface area contributed by atoms with Crippen molar-refractivity contribution in [3.05, 3.63) is 76.7 Å².